The molecule has 1 aromatic carbocycles. The molecule has 0 aliphatic carbocycles. The van der Waals surface area contributed by atoms with E-state index < -0.39 is 0 Å². The van der Waals surface area contributed by atoms with Crippen LogP contribution in [0, 0.1) is 0 Å². The maximum Gasteiger partial charge on any atom is 0.222 e. The Morgan fingerprint density at radius 1 is 1.11 bits per heavy atom. The van der Waals surface area contributed by atoms with Gasteiger partial charge in [0.25, 0.3) is 0 Å². The number of rotatable bonds is 5. The van der Waals surface area contributed by atoms with Crippen molar-refractivity contribution in [2.45, 2.75) is 50.6 Å². The summed E-state index contributed by atoms with van der Waals surface area (Å²) in [7, 11) is 0. The summed E-state index contributed by atoms with van der Waals surface area (Å²) in [4.78, 5) is 21.7. The van der Waals surface area contributed by atoms with Gasteiger partial charge in [-0.1, -0.05) is 29.8 Å². The number of pyridine rings is 1. The van der Waals surface area contributed by atoms with Crippen LogP contribution in [0.1, 0.15) is 43.2 Å². The van der Waals surface area contributed by atoms with Crippen molar-refractivity contribution in [1.82, 2.24) is 14.8 Å². The average Bonchev–Trinajstić information content (AvgIpc) is 3.08. The molecule has 0 N–H and O–H groups in total. The number of benzene rings is 1. The molecule has 2 saturated heterocycles. The summed E-state index contributed by atoms with van der Waals surface area (Å²) in [6, 6.07) is 12.1. The molecular weight excluding hydrogens is 370 g/mol. The summed E-state index contributed by atoms with van der Waals surface area (Å²) in [6.45, 7) is 3.76. The largest absolute Gasteiger partial charge is 0.341 e. The molecule has 0 radical (unpaired) electrons. The van der Waals surface area contributed by atoms with Gasteiger partial charge in [0.2, 0.25) is 5.91 Å². The van der Waals surface area contributed by atoms with Crippen molar-refractivity contribution in [2.24, 2.45) is 0 Å². The van der Waals surface area contributed by atoms with Crippen LogP contribution in [0.2, 0.25) is 5.02 Å². The number of halogens is 1. The highest BCUT2D eigenvalue weighted by Crippen LogP contribution is 2.38. The van der Waals surface area contributed by atoms with E-state index >= 15 is 0 Å². The molecule has 1 amide bonds. The van der Waals surface area contributed by atoms with Crippen molar-refractivity contribution in [1.29, 1.82) is 0 Å². The monoisotopic (exact) mass is 397 g/mol. The normalized spacial score (nSPS) is 22.7. The molecule has 2 aliphatic heterocycles. The van der Waals surface area contributed by atoms with Crippen LogP contribution in [0.4, 0.5) is 0 Å². The maximum absolute atomic E-state index is 12.9. The van der Waals surface area contributed by atoms with Gasteiger partial charge >= 0.3 is 0 Å². The first kappa shape index (κ1) is 19.4. The summed E-state index contributed by atoms with van der Waals surface area (Å²) in [6.07, 6.45) is 9.62. The lowest BCUT2D eigenvalue weighted by Gasteiger charge is -2.46. The minimum Gasteiger partial charge on any atom is -0.341 e. The van der Waals surface area contributed by atoms with E-state index in [4.69, 9.17) is 11.6 Å². The quantitative estimate of drug-likeness (QED) is 0.753. The number of piperidine rings is 1. The third kappa shape index (κ3) is 4.39. The van der Waals surface area contributed by atoms with Crippen molar-refractivity contribution >= 4 is 17.5 Å². The zero-order chi connectivity index (χ0) is 19.4. The molecule has 0 unspecified atom stereocenters. The van der Waals surface area contributed by atoms with Crippen molar-refractivity contribution in [3.8, 4) is 0 Å². The van der Waals surface area contributed by atoms with Gasteiger partial charge in [0.15, 0.2) is 0 Å². The first-order valence-corrected chi connectivity index (χ1v) is 10.7. The Morgan fingerprint density at radius 3 is 2.71 bits per heavy atom. The van der Waals surface area contributed by atoms with Crippen LogP contribution in [0.5, 0.6) is 0 Å². The van der Waals surface area contributed by atoms with Crippen LogP contribution in [-0.2, 0) is 17.8 Å². The molecule has 5 heteroatoms. The molecule has 1 aromatic heterocycles. The second-order valence-corrected chi connectivity index (χ2v) is 8.60. The van der Waals surface area contributed by atoms with E-state index in [1.54, 1.807) is 6.20 Å². The number of hydrogen-bond donors (Lipinski definition) is 0. The molecule has 1 spiro atoms. The Labute approximate surface area is 172 Å². The van der Waals surface area contributed by atoms with E-state index in [-0.39, 0.29) is 11.4 Å². The van der Waals surface area contributed by atoms with E-state index in [0.29, 0.717) is 6.42 Å². The minimum atomic E-state index is 0.129. The molecule has 148 valence electrons. The average molecular weight is 398 g/mol. The second-order valence-electron chi connectivity index (χ2n) is 8.16. The number of amides is 1. The highest BCUT2D eigenvalue weighted by atomic mass is 35.5. The second kappa shape index (κ2) is 8.62. The lowest BCUT2D eigenvalue weighted by atomic mass is 9.86. The number of nitrogens with zero attached hydrogens (tertiary/aromatic N) is 3. The van der Waals surface area contributed by atoms with Gasteiger partial charge in [0.05, 0.1) is 0 Å². The van der Waals surface area contributed by atoms with Crippen molar-refractivity contribution < 1.29 is 4.79 Å². The number of likely N-dealkylation sites (tertiary alicyclic amines) is 2. The van der Waals surface area contributed by atoms with Gasteiger partial charge in [-0.25, -0.2) is 0 Å². The van der Waals surface area contributed by atoms with Crippen LogP contribution in [0.3, 0.4) is 0 Å². The lowest BCUT2D eigenvalue weighted by molar-refractivity contribution is -0.135. The lowest BCUT2D eigenvalue weighted by Crippen LogP contribution is -2.56. The van der Waals surface area contributed by atoms with Crippen molar-refractivity contribution in [3.63, 3.8) is 0 Å². The molecule has 2 fully saturated rings. The highest BCUT2D eigenvalue weighted by Gasteiger charge is 2.44. The predicted molar refractivity (Wildman–Crippen MR) is 112 cm³/mol. The Balaban J connectivity index is 1.40. The fourth-order valence-corrected chi connectivity index (χ4v) is 5.05. The third-order valence-corrected chi connectivity index (χ3v) is 6.50. The van der Waals surface area contributed by atoms with Gasteiger partial charge < -0.3 is 4.90 Å². The smallest absolute Gasteiger partial charge is 0.222 e. The molecule has 0 saturated carbocycles. The van der Waals surface area contributed by atoms with Crippen LogP contribution < -0.4 is 0 Å². The zero-order valence-electron chi connectivity index (χ0n) is 16.3. The maximum atomic E-state index is 12.9. The number of hydrogen-bond acceptors (Lipinski definition) is 3. The number of aryl methyl sites for hydroxylation is 1. The zero-order valence-corrected chi connectivity index (χ0v) is 17.1. The Hall–Kier alpha value is -1.91. The number of carbonyl (C=O) groups excluding carboxylic acids is 1. The fraction of sp³-hybridized carbons (Fsp3) is 0.478. The highest BCUT2D eigenvalue weighted by molar-refractivity contribution is 6.30. The molecule has 2 aliphatic rings. The standard InChI is InChI=1S/C23H28ClN3O/c24-21-7-1-5-20(15-21)17-27-14-4-11-23(27)10-3-13-26(18-23)22(28)9-8-19-6-2-12-25-16-19/h1-2,5-7,12,15-16H,3-4,8-11,13-14,17-18H2/t23-/m0/s1. The molecule has 3 heterocycles. The van der Waals surface area contributed by atoms with E-state index in [2.05, 4.69) is 26.9 Å². The predicted octanol–water partition coefficient (Wildman–Crippen LogP) is 4.32. The van der Waals surface area contributed by atoms with Crippen LogP contribution in [0.15, 0.2) is 48.8 Å². The van der Waals surface area contributed by atoms with E-state index in [1.807, 2.05) is 30.5 Å². The molecule has 2 aromatic rings. The Kier molecular flexibility index (Phi) is 5.98. The third-order valence-electron chi connectivity index (χ3n) is 6.26. The van der Waals surface area contributed by atoms with Gasteiger partial charge in [-0.15, -0.1) is 0 Å². The van der Waals surface area contributed by atoms with Gasteiger partial charge in [-0.05, 0) is 68.0 Å². The van der Waals surface area contributed by atoms with Gasteiger partial charge in [-0.3, -0.25) is 14.7 Å². The summed E-state index contributed by atoms with van der Waals surface area (Å²) >= 11 is 6.18. The Bertz CT molecular complexity index is 813. The van der Waals surface area contributed by atoms with Crippen molar-refractivity contribution in [3.05, 3.63) is 64.9 Å². The summed E-state index contributed by atoms with van der Waals surface area (Å²) in [5, 5.41) is 0.793. The molecule has 1 atom stereocenters. The van der Waals surface area contributed by atoms with Crippen LogP contribution in [-0.4, -0.2) is 45.9 Å². The minimum absolute atomic E-state index is 0.129. The van der Waals surface area contributed by atoms with E-state index in [1.165, 1.54) is 24.8 Å². The topological polar surface area (TPSA) is 36.4 Å². The van der Waals surface area contributed by atoms with E-state index in [0.717, 1.165) is 49.6 Å². The SMILES string of the molecule is O=C(CCc1cccnc1)N1CCC[C@]2(CCCN2Cc2cccc(Cl)c2)C1. The summed E-state index contributed by atoms with van der Waals surface area (Å²) in [5.74, 6) is 0.275. The first-order valence-electron chi connectivity index (χ1n) is 10.3. The first-order chi connectivity index (χ1) is 13.6. The molecule has 28 heavy (non-hydrogen) atoms. The van der Waals surface area contributed by atoms with Crippen LogP contribution >= 0.6 is 11.6 Å². The van der Waals surface area contributed by atoms with Crippen LogP contribution in [0.25, 0.3) is 0 Å². The number of aromatic nitrogens is 1. The van der Waals surface area contributed by atoms with Gasteiger partial charge in [-0.2, -0.15) is 0 Å². The van der Waals surface area contributed by atoms with Gasteiger partial charge in [0.1, 0.15) is 0 Å². The molecular formula is C23H28ClN3O. The van der Waals surface area contributed by atoms with E-state index in [9.17, 15) is 4.79 Å². The molecule has 4 rings (SSSR count). The van der Waals surface area contributed by atoms with Gasteiger partial charge in [0, 0.05) is 49.0 Å². The molecule has 4 nitrogen and oxygen atoms in total. The summed E-state index contributed by atoms with van der Waals surface area (Å²) < 4.78 is 0. The molecule has 0 bridgehead atoms. The fourth-order valence-electron chi connectivity index (χ4n) is 4.84. The van der Waals surface area contributed by atoms with Crippen molar-refractivity contribution in [2.75, 3.05) is 19.6 Å². The number of carbonyl (C=O) groups is 1. The summed E-state index contributed by atoms with van der Waals surface area (Å²) in [5.41, 5.74) is 2.52. The Morgan fingerprint density at radius 2 is 1.93 bits per heavy atom.